The number of hydrogen-bond acceptors (Lipinski definition) is 3. The maximum absolute atomic E-state index is 4.36. The maximum Gasteiger partial charge on any atom is 0.106 e. The Morgan fingerprint density at radius 2 is 2.12 bits per heavy atom. The van der Waals surface area contributed by atoms with Crippen molar-refractivity contribution in [3.63, 3.8) is 0 Å². The van der Waals surface area contributed by atoms with Crippen molar-refractivity contribution in [2.24, 2.45) is 0 Å². The van der Waals surface area contributed by atoms with Crippen LogP contribution in [0.15, 0.2) is 38.7 Å². The summed E-state index contributed by atoms with van der Waals surface area (Å²) in [4.78, 5) is 5.68. The lowest BCUT2D eigenvalue weighted by Gasteiger charge is -2.02. The van der Waals surface area contributed by atoms with E-state index in [0.717, 1.165) is 27.9 Å². The van der Waals surface area contributed by atoms with Crippen LogP contribution < -0.4 is 5.32 Å². The molecular formula is C11H10Br2N2S. The van der Waals surface area contributed by atoms with E-state index in [9.17, 15) is 0 Å². The normalized spacial score (nSPS) is 10.6. The van der Waals surface area contributed by atoms with Gasteiger partial charge in [0.2, 0.25) is 0 Å². The van der Waals surface area contributed by atoms with Crippen LogP contribution in [0.1, 0.15) is 10.6 Å². The smallest absolute Gasteiger partial charge is 0.106 e. The molecule has 0 aliphatic heterocycles. The van der Waals surface area contributed by atoms with Crippen molar-refractivity contribution in [1.29, 1.82) is 0 Å². The van der Waals surface area contributed by atoms with Crippen molar-refractivity contribution >= 4 is 43.2 Å². The molecule has 0 amide bonds. The van der Waals surface area contributed by atoms with E-state index < -0.39 is 0 Å². The summed E-state index contributed by atoms with van der Waals surface area (Å²) < 4.78 is 2.03. The molecule has 0 aliphatic carbocycles. The van der Waals surface area contributed by atoms with Crippen molar-refractivity contribution in [2.75, 3.05) is 0 Å². The molecule has 84 valence electrons. The van der Waals surface area contributed by atoms with Gasteiger partial charge in [-0.15, -0.1) is 11.3 Å². The van der Waals surface area contributed by atoms with Crippen LogP contribution in [-0.2, 0) is 13.1 Å². The fourth-order valence-corrected chi connectivity index (χ4v) is 3.11. The minimum Gasteiger partial charge on any atom is -0.306 e. The lowest BCUT2D eigenvalue weighted by atomic mass is 10.3. The van der Waals surface area contributed by atoms with E-state index >= 15 is 0 Å². The average molecular weight is 362 g/mol. The van der Waals surface area contributed by atoms with Crippen molar-refractivity contribution in [3.8, 4) is 0 Å². The van der Waals surface area contributed by atoms with Crippen LogP contribution in [0.2, 0.25) is 0 Å². The second kappa shape index (κ2) is 5.91. The molecule has 2 nitrogen and oxygen atoms in total. The van der Waals surface area contributed by atoms with Gasteiger partial charge in [0.15, 0.2) is 0 Å². The van der Waals surface area contributed by atoms with Gasteiger partial charge in [-0.25, -0.2) is 4.98 Å². The lowest BCUT2D eigenvalue weighted by molar-refractivity contribution is 0.685. The predicted octanol–water partition coefficient (Wildman–Crippen LogP) is 3.96. The highest BCUT2D eigenvalue weighted by Crippen LogP contribution is 2.19. The average Bonchev–Trinajstić information content (AvgIpc) is 2.64. The summed E-state index contributed by atoms with van der Waals surface area (Å²) in [5.74, 6) is 0. The van der Waals surface area contributed by atoms with Crippen molar-refractivity contribution in [1.82, 2.24) is 10.3 Å². The monoisotopic (exact) mass is 360 g/mol. The van der Waals surface area contributed by atoms with Gasteiger partial charge < -0.3 is 5.32 Å². The van der Waals surface area contributed by atoms with E-state index in [1.165, 1.54) is 4.88 Å². The zero-order chi connectivity index (χ0) is 11.4. The van der Waals surface area contributed by atoms with Gasteiger partial charge in [-0.1, -0.05) is 6.07 Å². The standard InChI is InChI=1S/C11H10Br2N2S/c12-8-4-10(16-7-8)6-14-5-9-2-1-3-11(13)15-9/h1-4,7,14H,5-6H2. The topological polar surface area (TPSA) is 24.9 Å². The minimum atomic E-state index is 0.787. The number of thiophene rings is 1. The number of aromatic nitrogens is 1. The maximum atomic E-state index is 4.36. The molecule has 0 unspecified atom stereocenters. The Hall–Kier alpha value is -0.230. The van der Waals surface area contributed by atoms with Crippen LogP contribution in [0.3, 0.4) is 0 Å². The zero-order valence-electron chi connectivity index (χ0n) is 8.41. The van der Waals surface area contributed by atoms with Crippen LogP contribution in [0, 0.1) is 0 Å². The molecule has 1 N–H and O–H groups in total. The van der Waals surface area contributed by atoms with Crippen LogP contribution in [0.4, 0.5) is 0 Å². The van der Waals surface area contributed by atoms with E-state index in [-0.39, 0.29) is 0 Å². The molecule has 0 aliphatic rings. The summed E-state index contributed by atoms with van der Waals surface area (Å²) in [7, 11) is 0. The second-order valence-electron chi connectivity index (χ2n) is 3.29. The van der Waals surface area contributed by atoms with E-state index in [1.807, 2.05) is 18.2 Å². The molecule has 0 atom stereocenters. The first-order valence-electron chi connectivity index (χ1n) is 4.79. The third-order valence-corrected chi connectivity index (χ3v) is 4.14. The van der Waals surface area contributed by atoms with E-state index in [2.05, 4.69) is 53.6 Å². The SMILES string of the molecule is Brc1csc(CNCc2cccc(Br)n2)c1. The first-order valence-corrected chi connectivity index (χ1v) is 7.25. The molecule has 0 radical (unpaired) electrons. The molecule has 0 fully saturated rings. The van der Waals surface area contributed by atoms with Crippen molar-refractivity contribution in [2.45, 2.75) is 13.1 Å². The summed E-state index contributed by atoms with van der Waals surface area (Å²) in [6.07, 6.45) is 0. The van der Waals surface area contributed by atoms with Gasteiger partial charge in [0.05, 0.1) is 5.69 Å². The highest BCUT2D eigenvalue weighted by atomic mass is 79.9. The molecule has 0 aromatic carbocycles. The first kappa shape index (κ1) is 12.2. The summed E-state index contributed by atoms with van der Waals surface area (Å²) >= 11 is 8.55. The molecule has 2 heterocycles. The van der Waals surface area contributed by atoms with Gasteiger partial charge in [-0.3, -0.25) is 0 Å². The molecular weight excluding hydrogens is 352 g/mol. The molecule has 0 bridgehead atoms. The number of nitrogens with one attached hydrogen (secondary N) is 1. The van der Waals surface area contributed by atoms with Gasteiger partial charge >= 0.3 is 0 Å². The lowest BCUT2D eigenvalue weighted by Crippen LogP contribution is -2.12. The van der Waals surface area contributed by atoms with E-state index in [0.29, 0.717) is 0 Å². The first-order chi connectivity index (χ1) is 7.74. The molecule has 16 heavy (non-hydrogen) atoms. The zero-order valence-corrected chi connectivity index (χ0v) is 12.4. The fourth-order valence-electron chi connectivity index (χ4n) is 1.31. The molecule has 0 saturated carbocycles. The van der Waals surface area contributed by atoms with Gasteiger partial charge in [0.1, 0.15) is 4.60 Å². The molecule has 5 heteroatoms. The number of hydrogen-bond donors (Lipinski definition) is 1. The molecule has 2 aromatic heterocycles. The van der Waals surface area contributed by atoms with E-state index in [1.54, 1.807) is 11.3 Å². The largest absolute Gasteiger partial charge is 0.306 e. The van der Waals surface area contributed by atoms with Gasteiger partial charge in [0.25, 0.3) is 0 Å². The Kier molecular flexibility index (Phi) is 4.52. The summed E-state index contributed by atoms with van der Waals surface area (Å²) in [6, 6.07) is 8.07. The quantitative estimate of drug-likeness (QED) is 0.833. The van der Waals surface area contributed by atoms with Gasteiger partial charge in [-0.05, 0) is 50.1 Å². The van der Waals surface area contributed by atoms with Gasteiger partial charge in [0, 0.05) is 27.8 Å². The number of pyridine rings is 1. The van der Waals surface area contributed by atoms with Crippen molar-refractivity contribution in [3.05, 3.63) is 49.3 Å². The Morgan fingerprint density at radius 1 is 1.25 bits per heavy atom. The fraction of sp³-hybridized carbons (Fsp3) is 0.182. The van der Waals surface area contributed by atoms with Crippen LogP contribution in [0.5, 0.6) is 0 Å². The third kappa shape index (κ3) is 3.66. The summed E-state index contributed by atoms with van der Waals surface area (Å²) in [5.41, 5.74) is 1.05. The molecule has 0 spiro atoms. The molecule has 0 saturated heterocycles. The van der Waals surface area contributed by atoms with Crippen LogP contribution in [-0.4, -0.2) is 4.98 Å². The Labute approximate surface area is 115 Å². The predicted molar refractivity (Wildman–Crippen MR) is 74.5 cm³/mol. The van der Waals surface area contributed by atoms with E-state index in [4.69, 9.17) is 0 Å². The summed E-state index contributed by atoms with van der Waals surface area (Å²) in [5, 5.41) is 5.46. The van der Waals surface area contributed by atoms with Crippen LogP contribution in [0.25, 0.3) is 0 Å². The van der Waals surface area contributed by atoms with Crippen molar-refractivity contribution < 1.29 is 0 Å². The highest BCUT2D eigenvalue weighted by Gasteiger charge is 1.98. The van der Waals surface area contributed by atoms with Crippen LogP contribution >= 0.6 is 43.2 Å². The molecule has 2 rings (SSSR count). The number of rotatable bonds is 4. The summed E-state index contributed by atoms with van der Waals surface area (Å²) in [6.45, 7) is 1.67. The Balaban J connectivity index is 1.84. The molecule has 2 aromatic rings. The minimum absolute atomic E-state index is 0.787. The highest BCUT2D eigenvalue weighted by molar-refractivity contribution is 9.10. The third-order valence-electron chi connectivity index (χ3n) is 2.00. The number of halogens is 2. The Morgan fingerprint density at radius 3 is 2.81 bits per heavy atom. The van der Waals surface area contributed by atoms with Gasteiger partial charge in [-0.2, -0.15) is 0 Å². The number of nitrogens with zero attached hydrogens (tertiary/aromatic N) is 1. The Bertz CT molecular complexity index is 471. The second-order valence-corrected chi connectivity index (χ2v) is 6.01.